The molecule has 7 nitrogen and oxygen atoms in total. The summed E-state index contributed by atoms with van der Waals surface area (Å²) >= 11 is 6.10. The van der Waals surface area contributed by atoms with E-state index in [4.69, 9.17) is 21.6 Å². The number of piperazine rings is 1. The first kappa shape index (κ1) is 20.7. The molecule has 2 aromatic heterocycles. The molecule has 0 atom stereocenters. The summed E-state index contributed by atoms with van der Waals surface area (Å²) in [5, 5.41) is 9.80. The Morgan fingerprint density at radius 3 is 2.56 bits per heavy atom. The number of anilines is 3. The van der Waals surface area contributed by atoms with Gasteiger partial charge in [0, 0.05) is 66.9 Å². The van der Waals surface area contributed by atoms with E-state index in [0.29, 0.717) is 5.02 Å². The maximum absolute atomic E-state index is 6.10. The second-order valence-corrected chi connectivity index (χ2v) is 8.49. The minimum atomic E-state index is 0.690. The fourth-order valence-electron chi connectivity index (χ4n) is 4.00. The Labute approximate surface area is 192 Å². The lowest BCUT2D eigenvalue weighted by Crippen LogP contribution is -2.45. The third-order valence-electron chi connectivity index (χ3n) is 5.82. The van der Waals surface area contributed by atoms with E-state index in [2.05, 4.69) is 38.5 Å². The highest BCUT2D eigenvalue weighted by molar-refractivity contribution is 6.31. The Balaban J connectivity index is 1.31. The van der Waals surface area contributed by atoms with E-state index in [9.17, 15) is 0 Å². The highest BCUT2D eigenvalue weighted by Crippen LogP contribution is 2.25. The van der Waals surface area contributed by atoms with Gasteiger partial charge in [-0.3, -0.25) is 4.98 Å². The maximum atomic E-state index is 6.10. The van der Waals surface area contributed by atoms with Crippen LogP contribution in [-0.2, 0) is 0 Å². The van der Waals surface area contributed by atoms with Crippen molar-refractivity contribution in [3.8, 4) is 0 Å². The van der Waals surface area contributed by atoms with Crippen LogP contribution in [0.15, 0.2) is 54.7 Å². The molecule has 1 aliphatic rings. The molecule has 0 radical (unpaired) electrons. The number of nitrogens with zero attached hydrogens (tertiary/aromatic N) is 5. The van der Waals surface area contributed by atoms with E-state index in [1.165, 1.54) is 0 Å². The van der Waals surface area contributed by atoms with Crippen molar-refractivity contribution in [1.82, 2.24) is 19.9 Å². The number of likely N-dealkylation sites (N-methyl/N-ethyl adjacent to an activating group) is 1. The SMILES string of the molecule is CN1CCN(c2nc(NCCNc3ccnc4cc(Cl)ccc34)c3ccccc3n2)CC1. The fraction of sp³-hybridized carbons (Fsp3) is 0.292. The molecule has 3 heterocycles. The van der Waals surface area contributed by atoms with Gasteiger partial charge in [0.25, 0.3) is 0 Å². The van der Waals surface area contributed by atoms with Gasteiger partial charge in [-0.2, -0.15) is 4.98 Å². The highest BCUT2D eigenvalue weighted by atomic mass is 35.5. The second kappa shape index (κ2) is 9.14. The predicted octanol–water partition coefficient (Wildman–Crippen LogP) is 4.11. The van der Waals surface area contributed by atoms with Gasteiger partial charge in [0.05, 0.1) is 11.0 Å². The van der Waals surface area contributed by atoms with E-state index in [1.54, 1.807) is 6.20 Å². The third kappa shape index (κ3) is 4.40. The zero-order valence-electron chi connectivity index (χ0n) is 18.1. The van der Waals surface area contributed by atoms with Crippen LogP contribution in [0.4, 0.5) is 17.5 Å². The Hall–Kier alpha value is -3.16. The molecular formula is C24H26ClN7. The molecule has 0 saturated carbocycles. The molecular weight excluding hydrogens is 422 g/mol. The molecule has 2 N–H and O–H groups in total. The summed E-state index contributed by atoms with van der Waals surface area (Å²) in [5.74, 6) is 1.67. The molecule has 0 aliphatic carbocycles. The second-order valence-electron chi connectivity index (χ2n) is 8.05. The van der Waals surface area contributed by atoms with Crippen molar-refractivity contribution in [2.24, 2.45) is 0 Å². The molecule has 2 aromatic carbocycles. The van der Waals surface area contributed by atoms with Crippen LogP contribution < -0.4 is 15.5 Å². The molecule has 5 rings (SSSR count). The predicted molar refractivity (Wildman–Crippen MR) is 133 cm³/mol. The lowest BCUT2D eigenvalue weighted by Gasteiger charge is -2.32. The minimum absolute atomic E-state index is 0.690. The number of para-hydroxylation sites is 1. The Bertz CT molecular complexity index is 1240. The van der Waals surface area contributed by atoms with Gasteiger partial charge in [0.2, 0.25) is 5.95 Å². The molecule has 1 fully saturated rings. The van der Waals surface area contributed by atoms with Crippen molar-refractivity contribution in [3.05, 3.63) is 59.8 Å². The smallest absolute Gasteiger partial charge is 0.227 e. The molecule has 1 aliphatic heterocycles. The summed E-state index contributed by atoms with van der Waals surface area (Å²) < 4.78 is 0. The van der Waals surface area contributed by atoms with Crippen molar-refractivity contribution in [2.45, 2.75) is 0 Å². The van der Waals surface area contributed by atoms with Crippen LogP contribution in [0.3, 0.4) is 0 Å². The van der Waals surface area contributed by atoms with Gasteiger partial charge < -0.3 is 20.4 Å². The standard InChI is InChI=1S/C24H26ClN7/c1-31-12-14-32(15-13-31)24-29-21-5-3-2-4-19(21)23(30-24)28-11-10-27-20-8-9-26-22-16-17(25)6-7-18(20)22/h2-9,16H,10-15H2,1H3,(H,26,27)(H,28,29,30). The summed E-state index contributed by atoms with van der Waals surface area (Å²) in [6, 6.07) is 15.9. The number of hydrogen-bond acceptors (Lipinski definition) is 7. The zero-order chi connectivity index (χ0) is 21.9. The number of benzene rings is 2. The van der Waals surface area contributed by atoms with Gasteiger partial charge in [-0.1, -0.05) is 23.7 Å². The van der Waals surface area contributed by atoms with Gasteiger partial charge in [-0.05, 0) is 43.4 Å². The van der Waals surface area contributed by atoms with Crippen LogP contribution in [0.1, 0.15) is 0 Å². The number of hydrogen-bond donors (Lipinski definition) is 2. The number of aromatic nitrogens is 3. The summed E-state index contributed by atoms with van der Waals surface area (Å²) in [6.07, 6.45) is 1.80. The van der Waals surface area contributed by atoms with Crippen molar-refractivity contribution in [2.75, 3.05) is 61.8 Å². The fourth-order valence-corrected chi connectivity index (χ4v) is 4.17. The maximum Gasteiger partial charge on any atom is 0.227 e. The van der Waals surface area contributed by atoms with Gasteiger partial charge in [-0.25, -0.2) is 4.98 Å². The number of rotatable bonds is 6. The lowest BCUT2D eigenvalue weighted by atomic mass is 10.2. The monoisotopic (exact) mass is 447 g/mol. The van der Waals surface area contributed by atoms with E-state index in [1.807, 2.05) is 42.5 Å². The number of fused-ring (bicyclic) bond motifs is 2. The topological polar surface area (TPSA) is 69.2 Å². The van der Waals surface area contributed by atoms with E-state index < -0.39 is 0 Å². The Kier molecular flexibility index (Phi) is 5.92. The lowest BCUT2D eigenvalue weighted by molar-refractivity contribution is 0.311. The van der Waals surface area contributed by atoms with Crippen LogP contribution in [0.25, 0.3) is 21.8 Å². The normalized spacial score (nSPS) is 14.8. The minimum Gasteiger partial charge on any atom is -0.383 e. The van der Waals surface area contributed by atoms with E-state index in [0.717, 1.165) is 78.5 Å². The van der Waals surface area contributed by atoms with Crippen molar-refractivity contribution in [1.29, 1.82) is 0 Å². The van der Waals surface area contributed by atoms with Crippen LogP contribution in [-0.4, -0.2) is 66.2 Å². The Morgan fingerprint density at radius 1 is 0.875 bits per heavy atom. The van der Waals surface area contributed by atoms with Crippen molar-refractivity contribution in [3.63, 3.8) is 0 Å². The average molecular weight is 448 g/mol. The largest absolute Gasteiger partial charge is 0.383 e. The van der Waals surface area contributed by atoms with Crippen molar-refractivity contribution >= 4 is 50.9 Å². The molecule has 4 aromatic rings. The highest BCUT2D eigenvalue weighted by Gasteiger charge is 2.18. The first-order valence-electron chi connectivity index (χ1n) is 10.9. The van der Waals surface area contributed by atoms with Crippen LogP contribution in [0, 0.1) is 0 Å². The number of nitrogens with one attached hydrogen (secondary N) is 2. The third-order valence-corrected chi connectivity index (χ3v) is 6.05. The van der Waals surface area contributed by atoms with Gasteiger partial charge in [-0.15, -0.1) is 0 Å². The van der Waals surface area contributed by atoms with Gasteiger partial charge in [0.15, 0.2) is 0 Å². The van der Waals surface area contributed by atoms with Crippen LogP contribution in [0.2, 0.25) is 5.02 Å². The average Bonchev–Trinajstić information content (AvgIpc) is 2.82. The van der Waals surface area contributed by atoms with E-state index >= 15 is 0 Å². The number of pyridine rings is 1. The summed E-state index contributed by atoms with van der Waals surface area (Å²) in [7, 11) is 2.15. The van der Waals surface area contributed by atoms with E-state index in [-0.39, 0.29) is 0 Å². The first-order valence-corrected chi connectivity index (χ1v) is 11.3. The van der Waals surface area contributed by atoms with Crippen LogP contribution in [0.5, 0.6) is 0 Å². The molecule has 0 spiro atoms. The molecule has 1 saturated heterocycles. The molecule has 164 valence electrons. The molecule has 8 heteroatoms. The molecule has 0 unspecified atom stereocenters. The quantitative estimate of drug-likeness (QED) is 0.431. The van der Waals surface area contributed by atoms with Gasteiger partial charge >= 0.3 is 0 Å². The van der Waals surface area contributed by atoms with Crippen molar-refractivity contribution < 1.29 is 0 Å². The summed E-state index contributed by atoms with van der Waals surface area (Å²) in [6.45, 7) is 5.39. The molecule has 0 bridgehead atoms. The van der Waals surface area contributed by atoms with Gasteiger partial charge in [0.1, 0.15) is 5.82 Å². The van der Waals surface area contributed by atoms with Crippen LogP contribution >= 0.6 is 11.6 Å². The Morgan fingerprint density at radius 2 is 1.69 bits per heavy atom. The molecule has 32 heavy (non-hydrogen) atoms. The molecule has 0 amide bonds. The summed E-state index contributed by atoms with van der Waals surface area (Å²) in [4.78, 5) is 18.7. The summed E-state index contributed by atoms with van der Waals surface area (Å²) in [5.41, 5.74) is 2.89. The zero-order valence-corrected chi connectivity index (χ0v) is 18.8. The number of halogens is 1. The first-order chi connectivity index (χ1) is 15.7.